The quantitative estimate of drug-likeness (QED) is 0.711. The molecule has 0 fully saturated rings. The average Bonchev–Trinajstić information content (AvgIpc) is 2.47. The zero-order valence-corrected chi connectivity index (χ0v) is 13.3. The molecule has 1 rings (SSSR count). The molecule has 21 heavy (non-hydrogen) atoms. The standard InChI is InChI=1S/C17H27NO3/c1-4-20-16(19)17(13-18,12-14(2)3)10-11-21-15-8-6-5-7-9-15/h5-9,14H,4,10-13,18H2,1-3H3. The van der Waals surface area contributed by atoms with Crippen LogP contribution in [-0.4, -0.2) is 25.7 Å². The minimum atomic E-state index is -0.654. The van der Waals surface area contributed by atoms with E-state index >= 15 is 0 Å². The number of esters is 1. The number of para-hydroxylation sites is 1. The molecule has 0 aliphatic carbocycles. The van der Waals surface area contributed by atoms with Gasteiger partial charge in [-0.15, -0.1) is 0 Å². The van der Waals surface area contributed by atoms with Crippen molar-refractivity contribution in [2.24, 2.45) is 17.1 Å². The molecule has 1 aromatic rings. The van der Waals surface area contributed by atoms with Crippen LogP contribution in [0.2, 0.25) is 0 Å². The van der Waals surface area contributed by atoms with Gasteiger partial charge in [-0.2, -0.15) is 0 Å². The highest BCUT2D eigenvalue weighted by atomic mass is 16.5. The number of hydrogen-bond donors (Lipinski definition) is 1. The maximum atomic E-state index is 12.3. The van der Waals surface area contributed by atoms with Gasteiger partial charge in [0.1, 0.15) is 5.75 Å². The van der Waals surface area contributed by atoms with Crippen LogP contribution in [0, 0.1) is 11.3 Å². The van der Waals surface area contributed by atoms with Gasteiger partial charge in [-0.25, -0.2) is 0 Å². The first-order chi connectivity index (χ1) is 10.0. The van der Waals surface area contributed by atoms with Crippen LogP contribution in [0.25, 0.3) is 0 Å². The molecule has 1 aromatic carbocycles. The van der Waals surface area contributed by atoms with Gasteiger partial charge in [0.15, 0.2) is 0 Å². The lowest BCUT2D eigenvalue weighted by molar-refractivity contribution is -0.157. The molecule has 0 radical (unpaired) electrons. The van der Waals surface area contributed by atoms with Crippen molar-refractivity contribution < 1.29 is 14.3 Å². The van der Waals surface area contributed by atoms with Gasteiger partial charge >= 0.3 is 5.97 Å². The molecule has 118 valence electrons. The van der Waals surface area contributed by atoms with Crippen molar-refractivity contribution in [1.82, 2.24) is 0 Å². The Kier molecular flexibility index (Phi) is 7.23. The van der Waals surface area contributed by atoms with Crippen LogP contribution in [0.3, 0.4) is 0 Å². The van der Waals surface area contributed by atoms with Gasteiger partial charge in [-0.1, -0.05) is 32.0 Å². The van der Waals surface area contributed by atoms with E-state index in [1.54, 1.807) is 0 Å². The molecule has 4 nitrogen and oxygen atoms in total. The molecule has 0 saturated heterocycles. The molecule has 0 heterocycles. The summed E-state index contributed by atoms with van der Waals surface area (Å²) >= 11 is 0. The van der Waals surface area contributed by atoms with Crippen LogP contribution >= 0.6 is 0 Å². The second-order valence-corrected chi connectivity index (χ2v) is 5.71. The van der Waals surface area contributed by atoms with Crippen molar-refractivity contribution in [1.29, 1.82) is 0 Å². The maximum absolute atomic E-state index is 12.3. The summed E-state index contributed by atoms with van der Waals surface area (Å²) in [5.41, 5.74) is 5.26. The summed E-state index contributed by atoms with van der Waals surface area (Å²) in [4.78, 5) is 12.3. The molecule has 0 saturated carbocycles. The Balaban J connectivity index is 2.69. The van der Waals surface area contributed by atoms with Gasteiger partial charge in [0.05, 0.1) is 18.6 Å². The fourth-order valence-corrected chi connectivity index (χ4v) is 2.50. The molecule has 0 aliphatic rings. The van der Waals surface area contributed by atoms with Crippen LogP contribution in [0.4, 0.5) is 0 Å². The number of benzene rings is 1. The number of ether oxygens (including phenoxy) is 2. The predicted molar refractivity (Wildman–Crippen MR) is 84.1 cm³/mol. The molecule has 0 aromatic heterocycles. The van der Waals surface area contributed by atoms with Crippen molar-refractivity contribution in [3.63, 3.8) is 0 Å². The molecule has 0 amide bonds. The van der Waals surface area contributed by atoms with E-state index in [9.17, 15) is 4.79 Å². The van der Waals surface area contributed by atoms with Gasteiger partial charge in [0.2, 0.25) is 0 Å². The van der Waals surface area contributed by atoms with E-state index in [-0.39, 0.29) is 12.5 Å². The highest BCUT2D eigenvalue weighted by molar-refractivity contribution is 5.77. The second kappa shape index (κ2) is 8.67. The predicted octanol–water partition coefficient (Wildman–Crippen LogP) is 3.01. The molecule has 2 N–H and O–H groups in total. The summed E-state index contributed by atoms with van der Waals surface area (Å²) in [5.74, 6) is 0.962. The lowest BCUT2D eigenvalue weighted by Gasteiger charge is -2.31. The third kappa shape index (κ3) is 5.38. The van der Waals surface area contributed by atoms with Crippen molar-refractivity contribution in [2.75, 3.05) is 19.8 Å². The van der Waals surface area contributed by atoms with Crippen LogP contribution < -0.4 is 10.5 Å². The number of hydrogen-bond acceptors (Lipinski definition) is 4. The molecule has 1 unspecified atom stereocenters. The average molecular weight is 293 g/mol. The Morgan fingerprint density at radius 2 is 1.95 bits per heavy atom. The Labute approximate surface area is 127 Å². The van der Waals surface area contributed by atoms with Crippen LogP contribution in [0.15, 0.2) is 30.3 Å². The van der Waals surface area contributed by atoms with Gasteiger partial charge < -0.3 is 15.2 Å². The topological polar surface area (TPSA) is 61.5 Å². The number of carbonyl (C=O) groups is 1. The van der Waals surface area contributed by atoms with Crippen LogP contribution in [0.1, 0.15) is 33.6 Å². The number of rotatable bonds is 9. The molecular formula is C17H27NO3. The molecule has 4 heteroatoms. The lowest BCUT2D eigenvalue weighted by Crippen LogP contribution is -2.42. The van der Waals surface area contributed by atoms with E-state index in [0.717, 1.165) is 5.75 Å². The molecule has 1 atom stereocenters. The van der Waals surface area contributed by atoms with Crippen molar-refractivity contribution in [3.05, 3.63) is 30.3 Å². The Morgan fingerprint density at radius 3 is 2.48 bits per heavy atom. The third-order valence-corrected chi connectivity index (χ3v) is 3.49. The van der Waals surface area contributed by atoms with Gasteiger partial charge in [0.25, 0.3) is 0 Å². The highest BCUT2D eigenvalue weighted by Crippen LogP contribution is 2.31. The van der Waals surface area contributed by atoms with Crippen molar-refractivity contribution >= 4 is 5.97 Å². The summed E-state index contributed by atoms with van der Waals surface area (Å²) in [6, 6.07) is 9.58. The molecule has 0 bridgehead atoms. The Bertz CT molecular complexity index is 419. The first-order valence-electron chi connectivity index (χ1n) is 7.59. The van der Waals surface area contributed by atoms with Crippen molar-refractivity contribution in [3.8, 4) is 5.75 Å². The van der Waals surface area contributed by atoms with Crippen molar-refractivity contribution in [2.45, 2.75) is 33.6 Å². The molecular weight excluding hydrogens is 266 g/mol. The third-order valence-electron chi connectivity index (χ3n) is 3.49. The fraction of sp³-hybridized carbons (Fsp3) is 0.588. The van der Waals surface area contributed by atoms with Crippen LogP contribution in [-0.2, 0) is 9.53 Å². The van der Waals surface area contributed by atoms with E-state index in [2.05, 4.69) is 13.8 Å². The number of nitrogens with two attached hydrogens (primary N) is 1. The highest BCUT2D eigenvalue weighted by Gasteiger charge is 2.39. The van der Waals surface area contributed by atoms with E-state index in [1.807, 2.05) is 37.3 Å². The fourth-order valence-electron chi connectivity index (χ4n) is 2.50. The molecule has 0 spiro atoms. The van der Waals surface area contributed by atoms with E-state index in [4.69, 9.17) is 15.2 Å². The SMILES string of the molecule is CCOC(=O)C(CN)(CCOc1ccccc1)CC(C)C. The van der Waals surface area contributed by atoms with E-state index < -0.39 is 5.41 Å². The summed E-state index contributed by atoms with van der Waals surface area (Å²) in [6.07, 6.45) is 1.27. The van der Waals surface area contributed by atoms with Gasteiger partial charge in [0, 0.05) is 6.54 Å². The summed E-state index contributed by atoms with van der Waals surface area (Å²) in [5, 5.41) is 0. The lowest BCUT2D eigenvalue weighted by atomic mass is 9.77. The first kappa shape index (κ1) is 17.5. The summed E-state index contributed by atoms with van der Waals surface area (Å²) in [7, 11) is 0. The summed E-state index contributed by atoms with van der Waals surface area (Å²) < 4.78 is 10.9. The Morgan fingerprint density at radius 1 is 1.29 bits per heavy atom. The Hall–Kier alpha value is -1.55. The minimum Gasteiger partial charge on any atom is -0.494 e. The molecule has 0 aliphatic heterocycles. The zero-order valence-electron chi connectivity index (χ0n) is 13.3. The zero-order chi connectivity index (χ0) is 15.7. The van der Waals surface area contributed by atoms with Gasteiger partial charge in [-0.3, -0.25) is 4.79 Å². The van der Waals surface area contributed by atoms with Gasteiger partial charge in [-0.05, 0) is 37.8 Å². The van der Waals surface area contributed by atoms with E-state index in [0.29, 0.717) is 32.0 Å². The number of carbonyl (C=O) groups excluding carboxylic acids is 1. The minimum absolute atomic E-state index is 0.210. The maximum Gasteiger partial charge on any atom is 0.313 e. The monoisotopic (exact) mass is 293 g/mol. The largest absolute Gasteiger partial charge is 0.494 e. The van der Waals surface area contributed by atoms with E-state index in [1.165, 1.54) is 0 Å². The smallest absolute Gasteiger partial charge is 0.313 e. The normalized spacial score (nSPS) is 13.8. The van der Waals surface area contributed by atoms with Crippen LogP contribution in [0.5, 0.6) is 5.75 Å². The second-order valence-electron chi connectivity index (χ2n) is 5.71. The summed E-state index contributed by atoms with van der Waals surface area (Å²) in [6.45, 7) is 7.09. The first-order valence-corrected chi connectivity index (χ1v) is 7.59.